The zero-order valence-corrected chi connectivity index (χ0v) is 17.4. The van der Waals surface area contributed by atoms with Crippen molar-refractivity contribution in [3.63, 3.8) is 0 Å². The minimum absolute atomic E-state index is 0.111. The third-order valence-corrected chi connectivity index (χ3v) is 4.94. The van der Waals surface area contributed by atoms with Gasteiger partial charge in [-0.2, -0.15) is 0 Å². The minimum Gasteiger partial charge on any atom is -0.0984 e. The average Bonchev–Trinajstić information content (AvgIpc) is 2.35. The summed E-state index contributed by atoms with van der Waals surface area (Å²) >= 11 is 0. The standard InChI is InChI=1S/C22H33P/c1-11-12-13-23-19-17(21(5,6)7)14-16(20(2,3)4)15-18(19)22(8,9)10/h11-12,14-15H,1H2,2-10H3. The molecule has 0 spiro atoms. The number of hydrogen-bond acceptors (Lipinski definition) is 0. The Labute approximate surface area is 145 Å². The van der Waals surface area contributed by atoms with Crippen molar-refractivity contribution in [2.75, 3.05) is 0 Å². The summed E-state index contributed by atoms with van der Waals surface area (Å²) in [6, 6.07) is 4.82. The zero-order chi connectivity index (χ0) is 18.1. The van der Waals surface area contributed by atoms with E-state index in [1.807, 2.05) is 6.08 Å². The van der Waals surface area contributed by atoms with Crippen molar-refractivity contribution in [3.8, 4) is 0 Å². The van der Waals surface area contributed by atoms with Crippen LogP contribution in [0.5, 0.6) is 0 Å². The van der Waals surface area contributed by atoms with Crippen LogP contribution in [0.3, 0.4) is 0 Å². The average molecular weight is 328 g/mol. The van der Waals surface area contributed by atoms with Gasteiger partial charge in [0.2, 0.25) is 0 Å². The molecule has 1 aromatic rings. The van der Waals surface area contributed by atoms with Crippen molar-refractivity contribution >= 4 is 19.0 Å². The molecular formula is C22H33P. The van der Waals surface area contributed by atoms with E-state index in [0.29, 0.717) is 0 Å². The van der Waals surface area contributed by atoms with Crippen molar-refractivity contribution in [2.45, 2.75) is 78.6 Å². The van der Waals surface area contributed by atoms with Gasteiger partial charge in [-0.3, -0.25) is 0 Å². The maximum Gasteiger partial charge on any atom is 0.0171 e. The van der Waals surface area contributed by atoms with Gasteiger partial charge in [0, 0.05) is 5.30 Å². The molecule has 0 aliphatic heterocycles. The van der Waals surface area contributed by atoms with E-state index in [2.05, 4.69) is 86.5 Å². The van der Waals surface area contributed by atoms with Crippen LogP contribution in [0.1, 0.15) is 79.0 Å². The smallest absolute Gasteiger partial charge is 0.0171 e. The minimum atomic E-state index is 0.111. The highest BCUT2D eigenvalue weighted by atomic mass is 31.1. The van der Waals surface area contributed by atoms with Crippen LogP contribution in [-0.2, 0) is 16.2 Å². The topological polar surface area (TPSA) is 0 Å². The Hall–Kier alpha value is -1.09. The maximum atomic E-state index is 3.76. The van der Waals surface area contributed by atoms with Gasteiger partial charge in [0.05, 0.1) is 0 Å². The quantitative estimate of drug-likeness (QED) is 0.442. The SMILES string of the molecule is C=CC=C=Pc1c(C(C)(C)C)cc(C(C)(C)C)cc1C(C)(C)C. The van der Waals surface area contributed by atoms with Gasteiger partial charge in [-0.25, -0.2) is 0 Å². The highest BCUT2D eigenvalue weighted by Crippen LogP contribution is 2.34. The molecule has 126 valence electrons. The summed E-state index contributed by atoms with van der Waals surface area (Å²) in [6.45, 7) is 24.5. The van der Waals surface area contributed by atoms with Crippen LogP contribution >= 0.6 is 8.20 Å². The molecule has 0 atom stereocenters. The number of allylic oxidation sites excluding steroid dienone is 2. The summed E-state index contributed by atoms with van der Waals surface area (Å²) in [5.41, 5.74) is 8.01. The summed E-state index contributed by atoms with van der Waals surface area (Å²) in [6.07, 6.45) is 3.71. The lowest BCUT2D eigenvalue weighted by atomic mass is 9.75. The molecule has 0 amide bonds. The molecule has 0 fully saturated rings. The Kier molecular flexibility index (Phi) is 5.90. The lowest BCUT2D eigenvalue weighted by Gasteiger charge is -2.32. The molecule has 1 rings (SSSR count). The fourth-order valence-electron chi connectivity index (χ4n) is 2.49. The fraction of sp³-hybridized carbons (Fsp3) is 0.545. The molecule has 0 unspecified atom stereocenters. The Morgan fingerprint density at radius 2 is 1.26 bits per heavy atom. The van der Waals surface area contributed by atoms with E-state index in [9.17, 15) is 0 Å². The van der Waals surface area contributed by atoms with E-state index in [0.717, 1.165) is 8.20 Å². The second kappa shape index (κ2) is 6.80. The first-order valence-corrected chi connectivity index (χ1v) is 9.28. The van der Waals surface area contributed by atoms with Gasteiger partial charge in [-0.1, -0.05) is 92.6 Å². The molecule has 1 aromatic carbocycles. The third kappa shape index (κ3) is 5.20. The molecule has 0 aliphatic carbocycles. The molecule has 1 heteroatoms. The van der Waals surface area contributed by atoms with Crippen molar-refractivity contribution in [3.05, 3.63) is 47.6 Å². The molecule has 0 radical (unpaired) electrons. The predicted molar refractivity (Wildman–Crippen MR) is 109 cm³/mol. The summed E-state index contributed by atoms with van der Waals surface area (Å²) in [4.78, 5) is 0. The summed E-state index contributed by atoms with van der Waals surface area (Å²) < 4.78 is 0. The Balaban J connectivity index is 3.89. The monoisotopic (exact) mass is 328 g/mol. The van der Waals surface area contributed by atoms with Crippen LogP contribution in [0.2, 0.25) is 0 Å². The summed E-state index contributed by atoms with van der Waals surface area (Å²) in [7, 11) is 1.13. The highest BCUT2D eigenvalue weighted by molar-refractivity contribution is 7.46. The van der Waals surface area contributed by atoms with Gasteiger partial charge in [-0.05, 0) is 47.2 Å². The summed E-state index contributed by atoms with van der Waals surface area (Å²) in [5.74, 6) is 0. The van der Waals surface area contributed by atoms with Crippen LogP contribution < -0.4 is 5.30 Å². The van der Waals surface area contributed by atoms with Gasteiger partial charge in [0.1, 0.15) is 0 Å². The molecular weight excluding hydrogens is 295 g/mol. The molecule has 0 saturated carbocycles. The Bertz CT molecular complexity index is 599. The lowest BCUT2D eigenvalue weighted by molar-refractivity contribution is 0.554. The Morgan fingerprint density at radius 3 is 1.57 bits per heavy atom. The first-order chi connectivity index (χ1) is 10.3. The number of hydrogen-bond donors (Lipinski definition) is 0. The number of benzene rings is 1. The van der Waals surface area contributed by atoms with Crippen LogP contribution in [0.25, 0.3) is 0 Å². The normalized spacial score (nSPS) is 12.9. The van der Waals surface area contributed by atoms with Crippen molar-refractivity contribution in [2.24, 2.45) is 0 Å². The molecule has 0 N–H and O–H groups in total. The van der Waals surface area contributed by atoms with E-state index in [1.165, 1.54) is 22.0 Å². The zero-order valence-electron chi connectivity index (χ0n) is 16.5. The van der Waals surface area contributed by atoms with E-state index < -0.39 is 0 Å². The van der Waals surface area contributed by atoms with Gasteiger partial charge in [0.25, 0.3) is 0 Å². The predicted octanol–water partition coefficient (Wildman–Crippen LogP) is 6.29. The first-order valence-electron chi connectivity index (χ1n) is 8.38. The molecule has 0 heterocycles. The molecule has 0 aliphatic rings. The van der Waals surface area contributed by atoms with Crippen molar-refractivity contribution < 1.29 is 0 Å². The Morgan fingerprint density at radius 1 is 0.826 bits per heavy atom. The lowest BCUT2D eigenvalue weighted by Crippen LogP contribution is -2.29. The molecule has 0 aromatic heterocycles. The number of rotatable bonds is 2. The van der Waals surface area contributed by atoms with Crippen LogP contribution in [-0.4, -0.2) is 5.45 Å². The van der Waals surface area contributed by atoms with Crippen molar-refractivity contribution in [1.29, 1.82) is 0 Å². The van der Waals surface area contributed by atoms with E-state index in [4.69, 9.17) is 0 Å². The molecule has 23 heavy (non-hydrogen) atoms. The maximum absolute atomic E-state index is 3.76. The van der Waals surface area contributed by atoms with E-state index >= 15 is 0 Å². The first kappa shape index (κ1) is 20.0. The van der Waals surface area contributed by atoms with Crippen molar-refractivity contribution in [1.82, 2.24) is 0 Å². The van der Waals surface area contributed by atoms with Crippen LogP contribution in [0.4, 0.5) is 0 Å². The molecule has 0 bridgehead atoms. The van der Waals surface area contributed by atoms with Crippen LogP contribution in [0, 0.1) is 0 Å². The largest absolute Gasteiger partial charge is 0.0984 e. The summed E-state index contributed by atoms with van der Waals surface area (Å²) in [5, 5.41) is 1.40. The van der Waals surface area contributed by atoms with Gasteiger partial charge in [-0.15, -0.1) is 0 Å². The van der Waals surface area contributed by atoms with Crippen LogP contribution in [0.15, 0.2) is 30.9 Å². The fourth-order valence-corrected chi connectivity index (χ4v) is 3.84. The van der Waals surface area contributed by atoms with Gasteiger partial charge < -0.3 is 0 Å². The highest BCUT2D eigenvalue weighted by Gasteiger charge is 2.28. The van der Waals surface area contributed by atoms with Gasteiger partial charge >= 0.3 is 0 Å². The third-order valence-electron chi connectivity index (χ3n) is 3.96. The van der Waals surface area contributed by atoms with E-state index in [1.54, 1.807) is 6.08 Å². The second-order valence-electron chi connectivity index (χ2n) is 9.31. The second-order valence-corrected chi connectivity index (χ2v) is 10.2. The molecule has 0 saturated heterocycles. The van der Waals surface area contributed by atoms with E-state index in [-0.39, 0.29) is 16.2 Å². The van der Waals surface area contributed by atoms with Gasteiger partial charge in [0.15, 0.2) is 0 Å². The molecule has 0 nitrogen and oxygen atoms in total.